The molecule has 0 bridgehead atoms. The Morgan fingerprint density at radius 3 is 2.71 bits per heavy atom. The SMILES string of the molecule is CC(C)n1ncc2c(C(=O)Nc3ccccn3)cc(-c3ccc4c(c3)OCCO4)nc21. The van der Waals surface area contributed by atoms with E-state index >= 15 is 0 Å². The Labute approximate surface area is 178 Å². The van der Waals surface area contributed by atoms with E-state index in [0.717, 1.165) is 5.56 Å². The zero-order valence-electron chi connectivity index (χ0n) is 17.2. The van der Waals surface area contributed by atoms with Crippen molar-refractivity contribution in [3.05, 3.63) is 60.4 Å². The lowest BCUT2D eigenvalue weighted by Gasteiger charge is -2.19. The standard InChI is InChI=1S/C23H21N5O3/c1-14(2)28-22-17(13-25-28)16(23(29)27-21-5-3-4-8-24-21)12-18(26-22)15-6-7-19-20(11-15)31-10-9-30-19/h3-8,11-14H,9-10H2,1-2H3,(H,24,27,29). The van der Waals surface area contributed by atoms with Crippen molar-refractivity contribution in [3.8, 4) is 22.8 Å². The number of hydrogen-bond acceptors (Lipinski definition) is 6. The molecule has 0 fully saturated rings. The number of nitrogens with zero attached hydrogens (tertiary/aromatic N) is 4. The highest BCUT2D eigenvalue weighted by Gasteiger charge is 2.20. The second-order valence-corrected chi connectivity index (χ2v) is 7.50. The van der Waals surface area contributed by atoms with Crippen LogP contribution in [0.25, 0.3) is 22.3 Å². The van der Waals surface area contributed by atoms with Crippen LogP contribution in [-0.2, 0) is 0 Å². The van der Waals surface area contributed by atoms with Crippen LogP contribution in [0.15, 0.2) is 54.9 Å². The van der Waals surface area contributed by atoms with Crippen LogP contribution in [0, 0.1) is 0 Å². The lowest BCUT2D eigenvalue weighted by atomic mass is 10.1. The maximum atomic E-state index is 13.2. The first-order chi connectivity index (χ1) is 15.1. The van der Waals surface area contributed by atoms with E-state index in [-0.39, 0.29) is 11.9 Å². The number of nitrogens with one attached hydrogen (secondary N) is 1. The summed E-state index contributed by atoms with van der Waals surface area (Å²) in [7, 11) is 0. The van der Waals surface area contributed by atoms with E-state index in [9.17, 15) is 4.79 Å². The van der Waals surface area contributed by atoms with Gasteiger partial charge in [-0.05, 0) is 50.2 Å². The summed E-state index contributed by atoms with van der Waals surface area (Å²) in [5.74, 6) is 1.58. The van der Waals surface area contributed by atoms with Gasteiger partial charge in [-0.2, -0.15) is 5.10 Å². The molecule has 5 rings (SSSR count). The van der Waals surface area contributed by atoms with Crippen LogP contribution in [0.5, 0.6) is 11.5 Å². The number of rotatable bonds is 4. The van der Waals surface area contributed by atoms with E-state index in [1.807, 2.05) is 42.8 Å². The van der Waals surface area contributed by atoms with Crippen LogP contribution in [0.2, 0.25) is 0 Å². The third kappa shape index (κ3) is 3.56. The minimum Gasteiger partial charge on any atom is -0.486 e. The third-order valence-electron chi connectivity index (χ3n) is 5.04. The Morgan fingerprint density at radius 2 is 1.94 bits per heavy atom. The Kier molecular flexibility index (Phi) is 4.74. The minimum atomic E-state index is -0.270. The molecule has 0 saturated carbocycles. The van der Waals surface area contributed by atoms with Gasteiger partial charge in [0.15, 0.2) is 17.1 Å². The highest BCUT2D eigenvalue weighted by atomic mass is 16.6. The second kappa shape index (κ2) is 7.71. The molecule has 4 heterocycles. The van der Waals surface area contributed by atoms with Gasteiger partial charge in [0.05, 0.1) is 22.8 Å². The van der Waals surface area contributed by atoms with Crippen molar-refractivity contribution in [1.29, 1.82) is 0 Å². The van der Waals surface area contributed by atoms with Crippen molar-refractivity contribution in [2.75, 3.05) is 18.5 Å². The number of amides is 1. The van der Waals surface area contributed by atoms with Gasteiger partial charge in [-0.15, -0.1) is 0 Å². The zero-order valence-corrected chi connectivity index (χ0v) is 17.2. The van der Waals surface area contributed by atoms with E-state index in [2.05, 4.69) is 15.4 Å². The number of anilines is 1. The zero-order chi connectivity index (χ0) is 21.4. The van der Waals surface area contributed by atoms with Crippen LogP contribution in [0.1, 0.15) is 30.2 Å². The van der Waals surface area contributed by atoms with Crippen LogP contribution in [0.4, 0.5) is 5.82 Å². The van der Waals surface area contributed by atoms with E-state index in [1.165, 1.54) is 0 Å². The summed E-state index contributed by atoms with van der Waals surface area (Å²) in [6, 6.07) is 12.9. The maximum absolute atomic E-state index is 13.2. The highest BCUT2D eigenvalue weighted by molar-refractivity contribution is 6.12. The topological polar surface area (TPSA) is 91.2 Å². The monoisotopic (exact) mass is 415 g/mol. The van der Waals surface area contributed by atoms with Crippen molar-refractivity contribution in [1.82, 2.24) is 19.7 Å². The minimum absolute atomic E-state index is 0.0900. The van der Waals surface area contributed by atoms with Gasteiger partial charge >= 0.3 is 0 Å². The Balaban J connectivity index is 1.63. The molecular weight excluding hydrogens is 394 g/mol. The number of pyridine rings is 2. The molecule has 8 nitrogen and oxygen atoms in total. The molecule has 3 aromatic heterocycles. The van der Waals surface area contributed by atoms with Gasteiger partial charge in [0.25, 0.3) is 5.91 Å². The Hall–Kier alpha value is -3.94. The van der Waals surface area contributed by atoms with E-state index < -0.39 is 0 Å². The molecule has 0 atom stereocenters. The molecule has 4 aromatic rings. The molecule has 1 amide bonds. The molecule has 1 aliphatic rings. The fourth-order valence-electron chi connectivity index (χ4n) is 3.55. The van der Waals surface area contributed by atoms with Crippen molar-refractivity contribution in [2.24, 2.45) is 0 Å². The predicted octanol–water partition coefficient (Wildman–Crippen LogP) is 4.10. The quantitative estimate of drug-likeness (QED) is 0.540. The van der Waals surface area contributed by atoms with Gasteiger partial charge in [0, 0.05) is 17.8 Å². The van der Waals surface area contributed by atoms with Crippen molar-refractivity contribution < 1.29 is 14.3 Å². The number of fused-ring (bicyclic) bond motifs is 2. The molecule has 1 aromatic carbocycles. The number of benzene rings is 1. The number of carbonyl (C=O) groups is 1. The Morgan fingerprint density at radius 1 is 1.10 bits per heavy atom. The second-order valence-electron chi connectivity index (χ2n) is 7.50. The number of aromatic nitrogens is 4. The molecule has 1 aliphatic heterocycles. The summed E-state index contributed by atoms with van der Waals surface area (Å²) in [6.45, 7) is 5.08. The van der Waals surface area contributed by atoms with Crippen LogP contribution >= 0.6 is 0 Å². The summed E-state index contributed by atoms with van der Waals surface area (Å²) in [4.78, 5) is 22.2. The van der Waals surface area contributed by atoms with Gasteiger partial charge in [-0.25, -0.2) is 14.6 Å². The van der Waals surface area contributed by atoms with E-state index in [1.54, 1.807) is 30.6 Å². The van der Waals surface area contributed by atoms with E-state index in [0.29, 0.717) is 52.8 Å². The first kappa shape index (κ1) is 19.0. The molecule has 0 radical (unpaired) electrons. The lowest BCUT2D eigenvalue weighted by Crippen LogP contribution is -2.15. The first-order valence-corrected chi connectivity index (χ1v) is 10.1. The van der Waals surface area contributed by atoms with Crippen LogP contribution in [-0.4, -0.2) is 38.9 Å². The predicted molar refractivity (Wildman–Crippen MR) is 117 cm³/mol. The summed E-state index contributed by atoms with van der Waals surface area (Å²) >= 11 is 0. The lowest BCUT2D eigenvalue weighted by molar-refractivity contribution is 0.102. The first-order valence-electron chi connectivity index (χ1n) is 10.1. The molecule has 0 unspecified atom stereocenters. The summed E-state index contributed by atoms with van der Waals surface area (Å²) < 4.78 is 13.2. The summed E-state index contributed by atoms with van der Waals surface area (Å²) in [6.07, 6.45) is 3.32. The third-order valence-corrected chi connectivity index (χ3v) is 5.04. The maximum Gasteiger partial charge on any atom is 0.257 e. The molecule has 1 N–H and O–H groups in total. The molecule has 8 heteroatoms. The molecule has 0 spiro atoms. The smallest absolute Gasteiger partial charge is 0.257 e. The van der Waals surface area contributed by atoms with Gasteiger partial charge in [-0.1, -0.05) is 6.07 Å². The summed E-state index contributed by atoms with van der Waals surface area (Å²) in [5.41, 5.74) is 2.61. The van der Waals surface area contributed by atoms with Gasteiger partial charge < -0.3 is 14.8 Å². The molecule has 0 saturated heterocycles. The molecule has 156 valence electrons. The number of ether oxygens (including phenoxy) is 2. The fraction of sp³-hybridized carbons (Fsp3) is 0.217. The van der Waals surface area contributed by atoms with Crippen LogP contribution < -0.4 is 14.8 Å². The van der Waals surface area contributed by atoms with Crippen molar-refractivity contribution >= 4 is 22.8 Å². The number of hydrogen-bond donors (Lipinski definition) is 1. The molecule has 31 heavy (non-hydrogen) atoms. The van der Waals surface area contributed by atoms with Crippen molar-refractivity contribution in [3.63, 3.8) is 0 Å². The molecular formula is C23H21N5O3. The highest BCUT2D eigenvalue weighted by Crippen LogP contribution is 2.35. The van der Waals surface area contributed by atoms with Gasteiger partial charge in [-0.3, -0.25) is 4.79 Å². The van der Waals surface area contributed by atoms with Crippen LogP contribution in [0.3, 0.4) is 0 Å². The van der Waals surface area contributed by atoms with Gasteiger partial charge in [0.1, 0.15) is 19.0 Å². The normalized spacial score (nSPS) is 12.9. The van der Waals surface area contributed by atoms with E-state index in [4.69, 9.17) is 14.5 Å². The largest absolute Gasteiger partial charge is 0.486 e. The average molecular weight is 415 g/mol. The van der Waals surface area contributed by atoms with Gasteiger partial charge in [0.2, 0.25) is 0 Å². The average Bonchev–Trinajstić information content (AvgIpc) is 3.23. The Bertz CT molecular complexity index is 1270. The summed E-state index contributed by atoms with van der Waals surface area (Å²) in [5, 5.41) is 8.01. The molecule has 0 aliphatic carbocycles. The van der Waals surface area contributed by atoms with Crippen molar-refractivity contribution in [2.45, 2.75) is 19.9 Å². The fourth-order valence-corrected chi connectivity index (χ4v) is 3.55. The number of carbonyl (C=O) groups excluding carboxylic acids is 1.